The van der Waals surface area contributed by atoms with Crippen molar-refractivity contribution in [1.29, 1.82) is 0 Å². The molecule has 0 spiro atoms. The highest BCUT2D eigenvalue weighted by atomic mass is 16.5. The molecule has 5 heteroatoms. The van der Waals surface area contributed by atoms with Crippen LogP contribution in [0.4, 0.5) is 10.5 Å². The van der Waals surface area contributed by atoms with E-state index in [-0.39, 0.29) is 17.9 Å². The maximum absolute atomic E-state index is 11.6. The number of rotatable bonds is 4. The second-order valence-corrected chi connectivity index (χ2v) is 4.58. The van der Waals surface area contributed by atoms with Gasteiger partial charge in [-0.15, -0.1) is 0 Å². The van der Waals surface area contributed by atoms with Crippen molar-refractivity contribution in [2.45, 2.75) is 13.5 Å². The Labute approximate surface area is 122 Å². The highest BCUT2D eigenvalue weighted by Gasteiger charge is 2.06. The summed E-state index contributed by atoms with van der Waals surface area (Å²) in [5, 5.41) is 12.1. The second kappa shape index (κ2) is 6.56. The summed E-state index contributed by atoms with van der Waals surface area (Å²) < 4.78 is 5.04. The molecule has 0 saturated heterocycles. The van der Waals surface area contributed by atoms with Gasteiger partial charge in [-0.05, 0) is 36.8 Å². The molecule has 108 valence electrons. The first-order valence-corrected chi connectivity index (χ1v) is 6.36. The van der Waals surface area contributed by atoms with Gasteiger partial charge in [-0.1, -0.05) is 23.8 Å². The number of amides is 1. The Kier molecular flexibility index (Phi) is 4.56. The molecule has 21 heavy (non-hydrogen) atoms. The molecule has 5 nitrogen and oxygen atoms in total. The molecule has 0 fully saturated rings. The molecular weight excluding hydrogens is 270 g/mol. The molecule has 0 unspecified atom stereocenters. The number of anilines is 1. The lowest BCUT2D eigenvalue weighted by Crippen LogP contribution is -2.13. The van der Waals surface area contributed by atoms with Crippen LogP contribution in [0.1, 0.15) is 21.5 Å². The van der Waals surface area contributed by atoms with Crippen molar-refractivity contribution in [3.05, 3.63) is 59.2 Å². The SMILES string of the molecule is Cc1ccc(NC(=O)OCc2ccc(C=O)c(O)c2)cc1. The minimum Gasteiger partial charge on any atom is -0.507 e. The van der Waals surface area contributed by atoms with Crippen LogP contribution in [0.2, 0.25) is 0 Å². The van der Waals surface area contributed by atoms with Crippen molar-refractivity contribution in [3.8, 4) is 5.75 Å². The van der Waals surface area contributed by atoms with E-state index in [1.165, 1.54) is 12.1 Å². The van der Waals surface area contributed by atoms with Crippen LogP contribution in [0.25, 0.3) is 0 Å². The van der Waals surface area contributed by atoms with E-state index in [0.29, 0.717) is 17.5 Å². The summed E-state index contributed by atoms with van der Waals surface area (Å²) in [4.78, 5) is 22.2. The molecule has 0 radical (unpaired) electrons. The van der Waals surface area contributed by atoms with Gasteiger partial charge in [-0.3, -0.25) is 10.1 Å². The number of nitrogens with one attached hydrogen (secondary N) is 1. The van der Waals surface area contributed by atoms with E-state index in [9.17, 15) is 14.7 Å². The van der Waals surface area contributed by atoms with E-state index in [2.05, 4.69) is 5.32 Å². The number of carbonyl (C=O) groups is 2. The number of phenolic OH excluding ortho intramolecular Hbond substituents is 1. The predicted octanol–water partition coefficient (Wildman–Crippen LogP) is 3.26. The van der Waals surface area contributed by atoms with E-state index in [0.717, 1.165) is 5.56 Å². The van der Waals surface area contributed by atoms with Crippen LogP contribution in [-0.2, 0) is 11.3 Å². The summed E-state index contributed by atoms with van der Waals surface area (Å²) in [6, 6.07) is 11.8. The number of aromatic hydroxyl groups is 1. The molecule has 2 N–H and O–H groups in total. The number of hydrogen-bond donors (Lipinski definition) is 2. The lowest BCUT2D eigenvalue weighted by atomic mass is 10.1. The molecule has 1 amide bonds. The maximum Gasteiger partial charge on any atom is 0.411 e. The third-order valence-corrected chi connectivity index (χ3v) is 2.89. The van der Waals surface area contributed by atoms with Crippen molar-refractivity contribution >= 4 is 18.1 Å². The number of aldehydes is 1. The number of carbonyl (C=O) groups excluding carboxylic acids is 2. The van der Waals surface area contributed by atoms with Gasteiger partial charge in [0.25, 0.3) is 0 Å². The molecule has 2 aromatic carbocycles. The van der Waals surface area contributed by atoms with Gasteiger partial charge in [0, 0.05) is 5.69 Å². The summed E-state index contributed by atoms with van der Waals surface area (Å²) in [6.07, 6.45) is -0.0258. The second-order valence-electron chi connectivity index (χ2n) is 4.58. The number of benzene rings is 2. The van der Waals surface area contributed by atoms with Gasteiger partial charge < -0.3 is 9.84 Å². The quantitative estimate of drug-likeness (QED) is 0.845. The van der Waals surface area contributed by atoms with Crippen LogP contribution < -0.4 is 5.32 Å². The summed E-state index contributed by atoms with van der Waals surface area (Å²) in [7, 11) is 0. The Morgan fingerprint density at radius 2 is 1.95 bits per heavy atom. The minimum atomic E-state index is -0.585. The van der Waals surface area contributed by atoms with Gasteiger partial charge in [-0.2, -0.15) is 0 Å². The molecule has 0 aliphatic carbocycles. The van der Waals surface area contributed by atoms with Gasteiger partial charge in [0.05, 0.1) is 5.56 Å². The predicted molar refractivity (Wildman–Crippen MR) is 78.5 cm³/mol. The Morgan fingerprint density at radius 1 is 1.24 bits per heavy atom. The van der Waals surface area contributed by atoms with Crippen molar-refractivity contribution < 1.29 is 19.4 Å². The monoisotopic (exact) mass is 285 g/mol. The van der Waals surface area contributed by atoms with Gasteiger partial charge in [0.2, 0.25) is 0 Å². The number of aryl methyl sites for hydroxylation is 1. The van der Waals surface area contributed by atoms with E-state index in [4.69, 9.17) is 4.74 Å². The van der Waals surface area contributed by atoms with Crippen LogP contribution in [0, 0.1) is 6.92 Å². The maximum atomic E-state index is 11.6. The normalized spacial score (nSPS) is 9.95. The molecule has 0 aliphatic rings. The van der Waals surface area contributed by atoms with Crippen molar-refractivity contribution in [3.63, 3.8) is 0 Å². The molecule has 0 aromatic heterocycles. The van der Waals surface area contributed by atoms with Crippen molar-refractivity contribution in [2.24, 2.45) is 0 Å². The fourth-order valence-corrected chi connectivity index (χ4v) is 1.72. The standard InChI is InChI=1S/C16H15NO4/c1-11-2-6-14(7-3-11)17-16(20)21-10-12-4-5-13(9-18)15(19)8-12/h2-9,19H,10H2,1H3,(H,17,20). The number of phenols is 1. The minimum absolute atomic E-state index is 0.00436. The van der Waals surface area contributed by atoms with E-state index < -0.39 is 6.09 Å². The number of hydrogen-bond acceptors (Lipinski definition) is 4. The van der Waals surface area contributed by atoms with Crippen LogP contribution in [0.15, 0.2) is 42.5 Å². The van der Waals surface area contributed by atoms with Gasteiger partial charge in [0.1, 0.15) is 12.4 Å². The summed E-state index contributed by atoms with van der Waals surface area (Å²) in [6.45, 7) is 1.96. The Morgan fingerprint density at radius 3 is 2.57 bits per heavy atom. The molecule has 0 saturated carbocycles. The molecule has 0 heterocycles. The largest absolute Gasteiger partial charge is 0.507 e. The first-order chi connectivity index (χ1) is 10.1. The summed E-state index contributed by atoms with van der Waals surface area (Å²) in [5.41, 5.74) is 2.53. The zero-order valence-corrected chi connectivity index (χ0v) is 11.5. The van der Waals surface area contributed by atoms with Crippen LogP contribution in [0.3, 0.4) is 0 Å². The zero-order chi connectivity index (χ0) is 15.2. The average Bonchev–Trinajstić information content (AvgIpc) is 2.48. The van der Waals surface area contributed by atoms with Gasteiger partial charge >= 0.3 is 6.09 Å². The molecule has 0 atom stereocenters. The van der Waals surface area contributed by atoms with Gasteiger partial charge in [-0.25, -0.2) is 4.79 Å². The van der Waals surface area contributed by atoms with Crippen LogP contribution >= 0.6 is 0 Å². The lowest BCUT2D eigenvalue weighted by molar-refractivity contribution is 0.112. The molecule has 2 aromatic rings. The average molecular weight is 285 g/mol. The first kappa shape index (κ1) is 14.6. The molecule has 0 bridgehead atoms. The molecule has 0 aliphatic heterocycles. The molecule has 2 rings (SSSR count). The fourth-order valence-electron chi connectivity index (χ4n) is 1.72. The Balaban J connectivity index is 1.90. The smallest absolute Gasteiger partial charge is 0.411 e. The first-order valence-electron chi connectivity index (χ1n) is 6.36. The Bertz CT molecular complexity index is 650. The van der Waals surface area contributed by atoms with Crippen LogP contribution in [0.5, 0.6) is 5.75 Å². The van der Waals surface area contributed by atoms with Gasteiger partial charge in [0.15, 0.2) is 6.29 Å². The van der Waals surface area contributed by atoms with Crippen LogP contribution in [-0.4, -0.2) is 17.5 Å². The van der Waals surface area contributed by atoms with Crippen molar-refractivity contribution in [1.82, 2.24) is 0 Å². The highest BCUT2D eigenvalue weighted by Crippen LogP contribution is 2.17. The summed E-state index contributed by atoms with van der Waals surface area (Å²) in [5.74, 6) is -0.134. The van der Waals surface area contributed by atoms with E-state index in [1.54, 1.807) is 18.2 Å². The lowest BCUT2D eigenvalue weighted by Gasteiger charge is -2.08. The fraction of sp³-hybridized carbons (Fsp3) is 0.125. The zero-order valence-electron chi connectivity index (χ0n) is 11.5. The van der Waals surface area contributed by atoms with E-state index >= 15 is 0 Å². The third-order valence-electron chi connectivity index (χ3n) is 2.89. The number of ether oxygens (including phenoxy) is 1. The highest BCUT2D eigenvalue weighted by molar-refractivity contribution is 5.84. The van der Waals surface area contributed by atoms with Crippen molar-refractivity contribution in [2.75, 3.05) is 5.32 Å². The Hall–Kier alpha value is -2.82. The molecular formula is C16H15NO4. The third kappa shape index (κ3) is 4.07. The van der Waals surface area contributed by atoms with E-state index in [1.807, 2.05) is 19.1 Å². The summed E-state index contributed by atoms with van der Waals surface area (Å²) >= 11 is 0. The topological polar surface area (TPSA) is 75.6 Å².